The van der Waals surface area contributed by atoms with E-state index in [1.54, 1.807) is 11.4 Å². The van der Waals surface area contributed by atoms with E-state index in [1.807, 2.05) is 0 Å². The molecule has 0 spiro atoms. The second-order valence-electron chi connectivity index (χ2n) is 6.76. The van der Waals surface area contributed by atoms with Crippen LogP contribution >= 0.6 is 11.3 Å². The van der Waals surface area contributed by atoms with Gasteiger partial charge < -0.3 is 10.4 Å². The summed E-state index contributed by atoms with van der Waals surface area (Å²) in [4.78, 5) is 0. The second-order valence-corrected chi connectivity index (χ2v) is 11.3. The van der Waals surface area contributed by atoms with Gasteiger partial charge in [0.1, 0.15) is 4.21 Å². The number of aliphatic hydroxyl groups is 1. The van der Waals surface area contributed by atoms with Crippen molar-refractivity contribution in [2.75, 3.05) is 24.7 Å². The molecule has 174 valence electrons. The molecule has 31 heavy (non-hydrogen) atoms. The molecule has 0 aliphatic carbocycles. The number of rotatable bonds is 10. The molecule has 1 aromatic carbocycles. The van der Waals surface area contributed by atoms with Gasteiger partial charge in [-0.15, -0.1) is 11.3 Å². The normalized spacial score (nSPS) is 15.9. The first-order valence-corrected chi connectivity index (χ1v) is 12.8. The third-order valence-corrected chi connectivity index (χ3v) is 7.52. The van der Waals surface area contributed by atoms with Gasteiger partial charge in [0.2, 0.25) is 10.0 Å². The van der Waals surface area contributed by atoms with Crippen LogP contribution in [-0.2, 0) is 29.9 Å². The Morgan fingerprint density at radius 2 is 1.74 bits per heavy atom. The molecule has 14 heteroatoms. The van der Waals surface area contributed by atoms with Gasteiger partial charge in [-0.3, -0.25) is 4.18 Å². The summed E-state index contributed by atoms with van der Waals surface area (Å²) in [5, 5.41) is 14.1. The summed E-state index contributed by atoms with van der Waals surface area (Å²) in [6.07, 6.45) is -4.05. The SMILES string of the molecule is CC(O)(c1ccc(N[C@H](CNS(=O)(=O)c2cccs2)COS(C)(=O)=O)cc1)C(F)(F)F. The predicted molar refractivity (Wildman–Crippen MR) is 110 cm³/mol. The Kier molecular flexibility index (Phi) is 7.76. The molecule has 1 unspecified atom stereocenters. The number of alkyl halides is 3. The molecule has 1 aromatic heterocycles. The maximum absolute atomic E-state index is 13.0. The molecule has 2 aromatic rings. The Morgan fingerprint density at radius 1 is 1.13 bits per heavy atom. The number of sulfonamides is 1. The van der Waals surface area contributed by atoms with E-state index < -0.39 is 50.1 Å². The fraction of sp³-hybridized carbons (Fsp3) is 0.412. The van der Waals surface area contributed by atoms with Crippen LogP contribution in [0.1, 0.15) is 12.5 Å². The first-order valence-electron chi connectivity index (χ1n) is 8.65. The fourth-order valence-corrected chi connectivity index (χ4v) is 4.88. The number of hydrogen-bond donors (Lipinski definition) is 3. The van der Waals surface area contributed by atoms with Gasteiger partial charge in [-0.05, 0) is 36.1 Å². The summed E-state index contributed by atoms with van der Waals surface area (Å²) in [7, 11) is -7.66. The summed E-state index contributed by atoms with van der Waals surface area (Å²) in [6.45, 7) is -0.0802. The van der Waals surface area contributed by atoms with Crippen molar-refractivity contribution < 1.29 is 39.3 Å². The van der Waals surface area contributed by atoms with Crippen molar-refractivity contribution in [2.24, 2.45) is 0 Å². The van der Waals surface area contributed by atoms with Gasteiger partial charge >= 0.3 is 6.18 Å². The summed E-state index contributed by atoms with van der Waals surface area (Å²) >= 11 is 0.995. The lowest BCUT2D eigenvalue weighted by Gasteiger charge is -2.27. The Bertz CT molecular complexity index is 1070. The zero-order chi connectivity index (χ0) is 23.5. The minimum atomic E-state index is -4.88. The van der Waals surface area contributed by atoms with Gasteiger partial charge in [0.25, 0.3) is 10.1 Å². The zero-order valence-electron chi connectivity index (χ0n) is 16.4. The number of thiophene rings is 1. The molecule has 3 N–H and O–H groups in total. The number of benzene rings is 1. The molecule has 0 bridgehead atoms. The predicted octanol–water partition coefficient (Wildman–Crippen LogP) is 2.25. The zero-order valence-corrected chi connectivity index (χ0v) is 18.8. The van der Waals surface area contributed by atoms with E-state index in [0.717, 1.165) is 29.7 Å². The van der Waals surface area contributed by atoms with E-state index in [2.05, 4.69) is 10.0 Å². The molecule has 1 heterocycles. The number of anilines is 1. The number of nitrogens with one attached hydrogen (secondary N) is 2. The van der Waals surface area contributed by atoms with E-state index >= 15 is 0 Å². The van der Waals surface area contributed by atoms with Crippen LogP contribution < -0.4 is 10.0 Å². The van der Waals surface area contributed by atoms with Gasteiger partial charge in [0.05, 0.1) is 18.9 Å². The summed E-state index contributed by atoms with van der Waals surface area (Å²) in [5.74, 6) is 0. The maximum Gasteiger partial charge on any atom is 0.421 e. The molecule has 0 fully saturated rings. The Labute approximate surface area is 182 Å². The van der Waals surface area contributed by atoms with Crippen molar-refractivity contribution in [3.05, 3.63) is 47.3 Å². The van der Waals surface area contributed by atoms with Crippen molar-refractivity contribution in [1.29, 1.82) is 0 Å². The van der Waals surface area contributed by atoms with Crippen LogP contribution in [0.25, 0.3) is 0 Å². The summed E-state index contributed by atoms with van der Waals surface area (Å²) in [5.41, 5.74) is -3.19. The monoisotopic (exact) mass is 502 g/mol. The van der Waals surface area contributed by atoms with E-state index in [1.165, 1.54) is 18.2 Å². The Balaban J connectivity index is 2.15. The van der Waals surface area contributed by atoms with E-state index in [9.17, 15) is 35.1 Å². The molecule has 0 saturated heterocycles. The highest BCUT2D eigenvalue weighted by Crippen LogP contribution is 2.38. The largest absolute Gasteiger partial charge is 0.421 e. The van der Waals surface area contributed by atoms with Crippen molar-refractivity contribution in [3.8, 4) is 0 Å². The molecular formula is C17H21F3N2O6S3. The number of halogens is 3. The molecular weight excluding hydrogens is 481 g/mol. The van der Waals surface area contributed by atoms with Crippen LogP contribution in [0.3, 0.4) is 0 Å². The summed E-state index contributed by atoms with van der Waals surface area (Å²) in [6, 6.07) is 6.68. The minimum Gasteiger partial charge on any atom is -0.379 e. The topological polar surface area (TPSA) is 122 Å². The minimum absolute atomic E-state index is 0.0639. The lowest BCUT2D eigenvalue weighted by atomic mass is 9.95. The molecule has 0 saturated carbocycles. The van der Waals surface area contributed by atoms with Gasteiger partial charge in [0, 0.05) is 12.2 Å². The second kappa shape index (κ2) is 9.42. The standard InChI is InChI=1S/C17H21F3N2O6S3/c1-16(23,17(18,19)20)12-5-7-13(8-6-12)22-14(11-28-30(2,24)25)10-21-31(26,27)15-4-3-9-29-15/h3-9,14,21-23H,10-11H2,1-2H3/t14-,16?/m1/s1. The van der Waals surface area contributed by atoms with Crippen LogP contribution in [0.4, 0.5) is 18.9 Å². The van der Waals surface area contributed by atoms with E-state index in [4.69, 9.17) is 4.18 Å². The first-order chi connectivity index (χ1) is 14.1. The van der Waals surface area contributed by atoms with Crippen LogP contribution in [0.15, 0.2) is 46.0 Å². The molecule has 0 aliphatic rings. The Hall–Kier alpha value is -1.71. The highest BCUT2D eigenvalue weighted by atomic mass is 32.2. The third kappa shape index (κ3) is 7.15. The molecule has 0 amide bonds. The number of hydrogen-bond acceptors (Lipinski definition) is 8. The van der Waals surface area contributed by atoms with Crippen LogP contribution in [0, 0.1) is 0 Å². The molecule has 0 aliphatic heterocycles. The van der Waals surface area contributed by atoms with Crippen molar-refractivity contribution in [3.63, 3.8) is 0 Å². The third-order valence-electron chi connectivity index (χ3n) is 4.13. The highest BCUT2D eigenvalue weighted by Gasteiger charge is 2.51. The molecule has 8 nitrogen and oxygen atoms in total. The fourth-order valence-electron chi connectivity index (χ4n) is 2.35. The van der Waals surface area contributed by atoms with Gasteiger partial charge in [-0.2, -0.15) is 21.6 Å². The average Bonchev–Trinajstić information content (AvgIpc) is 3.18. The van der Waals surface area contributed by atoms with Crippen LogP contribution in [-0.4, -0.2) is 53.6 Å². The Morgan fingerprint density at radius 3 is 2.23 bits per heavy atom. The smallest absolute Gasteiger partial charge is 0.379 e. The van der Waals surface area contributed by atoms with Crippen molar-refractivity contribution >= 4 is 37.2 Å². The van der Waals surface area contributed by atoms with Crippen LogP contribution in [0.5, 0.6) is 0 Å². The molecule has 2 atom stereocenters. The first kappa shape index (κ1) is 25.5. The van der Waals surface area contributed by atoms with E-state index in [0.29, 0.717) is 6.92 Å². The highest BCUT2D eigenvalue weighted by molar-refractivity contribution is 7.91. The molecule has 2 rings (SSSR count). The van der Waals surface area contributed by atoms with Crippen LogP contribution in [0.2, 0.25) is 0 Å². The van der Waals surface area contributed by atoms with E-state index in [-0.39, 0.29) is 16.4 Å². The summed E-state index contributed by atoms with van der Waals surface area (Å²) < 4.78 is 93.2. The van der Waals surface area contributed by atoms with Gasteiger partial charge in [0.15, 0.2) is 5.60 Å². The lowest BCUT2D eigenvalue weighted by molar-refractivity contribution is -0.258. The van der Waals surface area contributed by atoms with Crippen molar-refractivity contribution in [1.82, 2.24) is 4.72 Å². The van der Waals surface area contributed by atoms with Gasteiger partial charge in [-0.1, -0.05) is 18.2 Å². The van der Waals surface area contributed by atoms with Gasteiger partial charge in [-0.25, -0.2) is 13.1 Å². The average molecular weight is 503 g/mol. The lowest BCUT2D eigenvalue weighted by Crippen LogP contribution is -2.40. The quantitative estimate of drug-likeness (QED) is 0.426. The maximum atomic E-state index is 13.0. The van der Waals surface area contributed by atoms with Crippen molar-refractivity contribution in [2.45, 2.75) is 29.0 Å². The molecule has 0 radical (unpaired) electrons.